The Morgan fingerprint density at radius 1 is 1.26 bits per heavy atom. The molecule has 0 radical (unpaired) electrons. The van der Waals surface area contributed by atoms with Crippen LogP contribution in [0.1, 0.15) is 44.7 Å². The van der Waals surface area contributed by atoms with Crippen LogP contribution in [0.4, 0.5) is 0 Å². The minimum Gasteiger partial charge on any atom is -0.324 e. The third-order valence-corrected chi connectivity index (χ3v) is 4.80. The summed E-state index contributed by atoms with van der Waals surface area (Å²) in [5, 5.41) is 1.19. The van der Waals surface area contributed by atoms with Crippen LogP contribution in [0.2, 0.25) is 0 Å². The Hall–Kier alpha value is -1.41. The zero-order valence-corrected chi connectivity index (χ0v) is 11.8. The lowest BCUT2D eigenvalue weighted by molar-refractivity contribution is 0.223. The summed E-state index contributed by atoms with van der Waals surface area (Å²) < 4.78 is 0. The Labute approximate surface area is 115 Å². The first-order chi connectivity index (χ1) is 9.09. The second kappa shape index (κ2) is 4.61. The largest absolute Gasteiger partial charge is 0.324 e. The molecule has 1 fully saturated rings. The molecule has 1 aromatic heterocycles. The molecule has 1 heterocycles. The van der Waals surface area contributed by atoms with Crippen molar-refractivity contribution in [3.8, 4) is 0 Å². The number of benzene rings is 1. The molecular formula is C17H22N2. The van der Waals surface area contributed by atoms with Gasteiger partial charge < -0.3 is 5.73 Å². The van der Waals surface area contributed by atoms with Crippen molar-refractivity contribution >= 4 is 10.9 Å². The SMILES string of the molecule is CC1(C)CCCC1C(N)c1cccc2cccnc12. The van der Waals surface area contributed by atoms with Crippen molar-refractivity contribution in [1.29, 1.82) is 0 Å². The molecule has 0 aliphatic heterocycles. The van der Waals surface area contributed by atoms with Crippen molar-refractivity contribution in [3.63, 3.8) is 0 Å². The number of rotatable bonds is 2. The van der Waals surface area contributed by atoms with E-state index in [0.29, 0.717) is 11.3 Å². The maximum absolute atomic E-state index is 6.60. The number of pyridine rings is 1. The smallest absolute Gasteiger partial charge is 0.0749 e. The van der Waals surface area contributed by atoms with Gasteiger partial charge in [-0.15, -0.1) is 0 Å². The monoisotopic (exact) mass is 254 g/mol. The molecule has 2 nitrogen and oxygen atoms in total. The lowest BCUT2D eigenvalue weighted by Crippen LogP contribution is -2.29. The van der Waals surface area contributed by atoms with Gasteiger partial charge in [0.1, 0.15) is 0 Å². The van der Waals surface area contributed by atoms with Gasteiger partial charge >= 0.3 is 0 Å². The molecule has 0 bridgehead atoms. The summed E-state index contributed by atoms with van der Waals surface area (Å²) in [4.78, 5) is 4.54. The third-order valence-electron chi connectivity index (χ3n) is 4.80. The molecule has 1 saturated carbocycles. The first-order valence-corrected chi connectivity index (χ1v) is 7.19. The van der Waals surface area contributed by atoms with E-state index in [1.165, 1.54) is 30.2 Å². The molecule has 2 N–H and O–H groups in total. The van der Waals surface area contributed by atoms with Crippen LogP contribution in [0, 0.1) is 11.3 Å². The minimum absolute atomic E-state index is 0.0936. The van der Waals surface area contributed by atoms with E-state index in [-0.39, 0.29) is 6.04 Å². The van der Waals surface area contributed by atoms with Gasteiger partial charge in [-0.1, -0.05) is 44.5 Å². The van der Waals surface area contributed by atoms with Gasteiger partial charge in [0.15, 0.2) is 0 Å². The quantitative estimate of drug-likeness (QED) is 0.877. The highest BCUT2D eigenvalue weighted by molar-refractivity contribution is 5.82. The van der Waals surface area contributed by atoms with Gasteiger partial charge in [0.2, 0.25) is 0 Å². The predicted molar refractivity (Wildman–Crippen MR) is 79.8 cm³/mol. The highest BCUT2D eigenvalue weighted by Gasteiger charge is 2.39. The third kappa shape index (κ3) is 2.14. The molecule has 2 atom stereocenters. The Balaban J connectivity index is 2.04. The number of fused-ring (bicyclic) bond motifs is 1. The van der Waals surface area contributed by atoms with Gasteiger partial charge in [-0.2, -0.15) is 0 Å². The van der Waals surface area contributed by atoms with E-state index >= 15 is 0 Å². The first kappa shape index (κ1) is 12.6. The van der Waals surface area contributed by atoms with Crippen molar-refractivity contribution in [2.75, 3.05) is 0 Å². The molecule has 3 rings (SSSR count). The fourth-order valence-corrected chi connectivity index (χ4v) is 3.63. The number of hydrogen-bond donors (Lipinski definition) is 1. The molecular weight excluding hydrogens is 232 g/mol. The molecule has 0 spiro atoms. The topological polar surface area (TPSA) is 38.9 Å². The molecule has 1 aromatic carbocycles. The van der Waals surface area contributed by atoms with Crippen LogP contribution in [0.3, 0.4) is 0 Å². The summed E-state index contributed by atoms with van der Waals surface area (Å²) in [7, 11) is 0. The van der Waals surface area contributed by atoms with E-state index in [1.54, 1.807) is 0 Å². The molecule has 0 saturated heterocycles. The maximum Gasteiger partial charge on any atom is 0.0749 e. The van der Waals surface area contributed by atoms with Crippen molar-refractivity contribution in [2.45, 2.75) is 39.2 Å². The van der Waals surface area contributed by atoms with E-state index in [2.05, 4.69) is 43.1 Å². The zero-order valence-electron chi connectivity index (χ0n) is 11.8. The number of aromatic nitrogens is 1. The van der Waals surface area contributed by atoms with Crippen LogP contribution in [-0.4, -0.2) is 4.98 Å². The molecule has 1 aliphatic carbocycles. The molecule has 1 aliphatic rings. The van der Waals surface area contributed by atoms with Crippen LogP contribution in [0.5, 0.6) is 0 Å². The first-order valence-electron chi connectivity index (χ1n) is 7.19. The minimum atomic E-state index is 0.0936. The van der Waals surface area contributed by atoms with Crippen molar-refractivity contribution in [2.24, 2.45) is 17.1 Å². The second-order valence-corrected chi connectivity index (χ2v) is 6.44. The van der Waals surface area contributed by atoms with Gasteiger partial charge in [0, 0.05) is 17.6 Å². The summed E-state index contributed by atoms with van der Waals surface area (Å²) >= 11 is 0. The lowest BCUT2D eigenvalue weighted by atomic mass is 9.75. The van der Waals surface area contributed by atoms with Gasteiger partial charge in [-0.25, -0.2) is 0 Å². The Bertz CT molecular complexity index is 583. The Kier molecular flexibility index (Phi) is 3.06. The van der Waals surface area contributed by atoms with Gasteiger partial charge in [-0.05, 0) is 35.8 Å². The molecule has 0 amide bonds. The van der Waals surface area contributed by atoms with Gasteiger partial charge in [0.05, 0.1) is 5.52 Å². The number of nitrogens with zero attached hydrogens (tertiary/aromatic N) is 1. The zero-order chi connectivity index (χ0) is 13.5. The van der Waals surface area contributed by atoms with Crippen LogP contribution in [0.15, 0.2) is 36.5 Å². The maximum atomic E-state index is 6.60. The van der Waals surface area contributed by atoms with E-state index in [0.717, 1.165) is 5.52 Å². The van der Waals surface area contributed by atoms with Gasteiger partial charge in [-0.3, -0.25) is 4.98 Å². The van der Waals surface area contributed by atoms with E-state index in [9.17, 15) is 0 Å². The average molecular weight is 254 g/mol. The summed E-state index contributed by atoms with van der Waals surface area (Å²) in [6.07, 6.45) is 5.67. The fourth-order valence-electron chi connectivity index (χ4n) is 3.63. The fraction of sp³-hybridized carbons (Fsp3) is 0.471. The lowest BCUT2D eigenvalue weighted by Gasteiger charge is -2.32. The summed E-state index contributed by atoms with van der Waals surface area (Å²) in [5.74, 6) is 0.556. The van der Waals surface area contributed by atoms with E-state index in [1.807, 2.05) is 12.3 Å². The summed E-state index contributed by atoms with van der Waals surface area (Å²) in [5.41, 5.74) is 9.22. The van der Waals surface area contributed by atoms with E-state index < -0.39 is 0 Å². The molecule has 19 heavy (non-hydrogen) atoms. The van der Waals surface area contributed by atoms with Crippen LogP contribution in [0.25, 0.3) is 10.9 Å². The summed E-state index contributed by atoms with van der Waals surface area (Å²) in [6, 6.07) is 10.5. The van der Waals surface area contributed by atoms with Crippen molar-refractivity contribution in [1.82, 2.24) is 4.98 Å². The summed E-state index contributed by atoms with van der Waals surface area (Å²) in [6.45, 7) is 4.70. The average Bonchev–Trinajstić information content (AvgIpc) is 2.77. The van der Waals surface area contributed by atoms with E-state index in [4.69, 9.17) is 5.73 Å². The van der Waals surface area contributed by atoms with Crippen LogP contribution >= 0.6 is 0 Å². The van der Waals surface area contributed by atoms with Crippen LogP contribution in [-0.2, 0) is 0 Å². The standard InChI is InChI=1S/C17H22N2/c1-17(2)10-4-9-14(17)15(18)13-8-3-6-12-7-5-11-19-16(12)13/h3,5-8,11,14-15H,4,9-10,18H2,1-2H3. The van der Waals surface area contributed by atoms with Crippen molar-refractivity contribution in [3.05, 3.63) is 42.1 Å². The molecule has 2 unspecified atom stereocenters. The van der Waals surface area contributed by atoms with Crippen molar-refractivity contribution < 1.29 is 0 Å². The van der Waals surface area contributed by atoms with Gasteiger partial charge in [0.25, 0.3) is 0 Å². The molecule has 100 valence electrons. The number of hydrogen-bond acceptors (Lipinski definition) is 2. The van der Waals surface area contributed by atoms with Crippen LogP contribution < -0.4 is 5.73 Å². The molecule has 2 aromatic rings. The normalized spacial score (nSPS) is 23.6. The second-order valence-electron chi connectivity index (χ2n) is 6.44. The highest BCUT2D eigenvalue weighted by Crippen LogP contribution is 2.48. The number of para-hydroxylation sites is 1. The number of nitrogens with two attached hydrogens (primary N) is 1. The Morgan fingerprint density at radius 2 is 2.05 bits per heavy atom. The highest BCUT2D eigenvalue weighted by atomic mass is 14.7. The molecule has 2 heteroatoms. The Morgan fingerprint density at radius 3 is 2.79 bits per heavy atom. The predicted octanol–water partition coefficient (Wildman–Crippen LogP) is 4.06.